The SMILES string of the molecule is Cc1ccc(N(C)Cc2cc(Cl)ccc2N)cc1. The Labute approximate surface area is 113 Å². The zero-order valence-corrected chi connectivity index (χ0v) is 11.4. The van der Waals surface area contributed by atoms with Gasteiger partial charge in [-0.3, -0.25) is 0 Å². The molecular formula is C15H17ClN2. The number of anilines is 2. The first-order valence-electron chi connectivity index (χ1n) is 5.88. The van der Waals surface area contributed by atoms with E-state index in [1.165, 1.54) is 11.3 Å². The van der Waals surface area contributed by atoms with Gasteiger partial charge in [-0.15, -0.1) is 0 Å². The van der Waals surface area contributed by atoms with Crippen LogP contribution >= 0.6 is 11.6 Å². The lowest BCUT2D eigenvalue weighted by Crippen LogP contribution is -2.17. The van der Waals surface area contributed by atoms with Crippen LogP contribution in [0, 0.1) is 6.92 Å². The molecule has 0 aliphatic heterocycles. The van der Waals surface area contributed by atoms with Crippen molar-refractivity contribution < 1.29 is 0 Å². The lowest BCUT2D eigenvalue weighted by Gasteiger charge is -2.20. The van der Waals surface area contributed by atoms with Crippen LogP contribution in [0.15, 0.2) is 42.5 Å². The molecular weight excluding hydrogens is 244 g/mol. The highest BCUT2D eigenvalue weighted by Crippen LogP contribution is 2.22. The Balaban J connectivity index is 2.18. The van der Waals surface area contributed by atoms with Crippen LogP contribution < -0.4 is 10.6 Å². The average Bonchev–Trinajstić information content (AvgIpc) is 2.34. The normalized spacial score (nSPS) is 10.4. The minimum absolute atomic E-state index is 0.719. The van der Waals surface area contributed by atoms with E-state index in [0.29, 0.717) is 0 Å². The summed E-state index contributed by atoms with van der Waals surface area (Å²) < 4.78 is 0. The third kappa shape index (κ3) is 2.96. The maximum atomic E-state index is 5.99. The Morgan fingerprint density at radius 1 is 1.11 bits per heavy atom. The highest BCUT2D eigenvalue weighted by atomic mass is 35.5. The molecule has 0 radical (unpaired) electrons. The Morgan fingerprint density at radius 2 is 1.78 bits per heavy atom. The van der Waals surface area contributed by atoms with E-state index in [0.717, 1.165) is 22.8 Å². The number of nitrogens with two attached hydrogens (primary N) is 1. The number of rotatable bonds is 3. The predicted molar refractivity (Wildman–Crippen MR) is 79.2 cm³/mol. The molecule has 0 unspecified atom stereocenters. The van der Waals surface area contributed by atoms with Crippen molar-refractivity contribution >= 4 is 23.0 Å². The first-order chi connectivity index (χ1) is 8.56. The highest BCUT2D eigenvalue weighted by Gasteiger charge is 2.05. The van der Waals surface area contributed by atoms with Gasteiger partial charge in [0.15, 0.2) is 0 Å². The summed E-state index contributed by atoms with van der Waals surface area (Å²) in [4.78, 5) is 2.15. The second-order valence-corrected chi connectivity index (χ2v) is 4.97. The van der Waals surface area contributed by atoms with Gasteiger partial charge in [0.2, 0.25) is 0 Å². The van der Waals surface area contributed by atoms with Crippen LogP contribution in [0.3, 0.4) is 0 Å². The number of hydrogen-bond acceptors (Lipinski definition) is 2. The zero-order chi connectivity index (χ0) is 13.1. The van der Waals surface area contributed by atoms with Gasteiger partial charge in [0, 0.05) is 30.0 Å². The minimum atomic E-state index is 0.719. The Kier molecular flexibility index (Phi) is 3.78. The van der Waals surface area contributed by atoms with Crippen LogP contribution in [0.5, 0.6) is 0 Å². The average molecular weight is 261 g/mol. The van der Waals surface area contributed by atoms with Gasteiger partial charge in [0.05, 0.1) is 0 Å². The Bertz CT molecular complexity index is 535. The molecule has 0 spiro atoms. The van der Waals surface area contributed by atoms with Crippen molar-refractivity contribution in [1.29, 1.82) is 0 Å². The van der Waals surface area contributed by atoms with Crippen LogP contribution in [-0.2, 0) is 6.54 Å². The van der Waals surface area contributed by atoms with Gasteiger partial charge in [-0.05, 0) is 42.8 Å². The van der Waals surface area contributed by atoms with Crippen LogP contribution in [0.1, 0.15) is 11.1 Å². The van der Waals surface area contributed by atoms with Crippen LogP contribution in [0.4, 0.5) is 11.4 Å². The van der Waals surface area contributed by atoms with Crippen molar-refractivity contribution in [3.8, 4) is 0 Å². The van der Waals surface area contributed by atoms with Crippen molar-refractivity contribution in [3.05, 3.63) is 58.6 Å². The lowest BCUT2D eigenvalue weighted by atomic mass is 10.1. The molecule has 0 atom stereocenters. The van der Waals surface area contributed by atoms with E-state index < -0.39 is 0 Å². The zero-order valence-electron chi connectivity index (χ0n) is 10.7. The van der Waals surface area contributed by atoms with E-state index in [2.05, 4.69) is 36.1 Å². The third-order valence-electron chi connectivity index (χ3n) is 2.99. The van der Waals surface area contributed by atoms with Crippen molar-refractivity contribution in [2.45, 2.75) is 13.5 Å². The maximum absolute atomic E-state index is 5.99. The summed E-state index contributed by atoms with van der Waals surface area (Å²) in [5, 5.41) is 0.719. The van der Waals surface area contributed by atoms with E-state index in [4.69, 9.17) is 17.3 Å². The Morgan fingerprint density at radius 3 is 2.44 bits per heavy atom. The molecule has 18 heavy (non-hydrogen) atoms. The summed E-state index contributed by atoms with van der Waals surface area (Å²) in [6, 6.07) is 14.0. The number of benzene rings is 2. The van der Waals surface area contributed by atoms with Gasteiger partial charge < -0.3 is 10.6 Å². The van der Waals surface area contributed by atoms with Gasteiger partial charge in [0.1, 0.15) is 0 Å². The monoisotopic (exact) mass is 260 g/mol. The summed E-state index contributed by atoms with van der Waals surface area (Å²) in [5.74, 6) is 0. The molecule has 0 bridgehead atoms. The van der Waals surface area contributed by atoms with Gasteiger partial charge in [-0.2, -0.15) is 0 Å². The number of nitrogen functional groups attached to an aromatic ring is 1. The molecule has 2 nitrogen and oxygen atoms in total. The summed E-state index contributed by atoms with van der Waals surface area (Å²) in [6.07, 6.45) is 0. The topological polar surface area (TPSA) is 29.3 Å². The van der Waals surface area contributed by atoms with Gasteiger partial charge >= 0.3 is 0 Å². The molecule has 2 aromatic carbocycles. The number of nitrogens with zero attached hydrogens (tertiary/aromatic N) is 1. The third-order valence-corrected chi connectivity index (χ3v) is 3.22. The summed E-state index contributed by atoms with van der Waals surface area (Å²) in [5.41, 5.74) is 10.2. The van der Waals surface area contributed by atoms with Crippen molar-refractivity contribution in [3.63, 3.8) is 0 Å². The molecule has 0 aliphatic rings. The van der Waals surface area contributed by atoms with E-state index in [-0.39, 0.29) is 0 Å². The van der Waals surface area contributed by atoms with E-state index in [1.807, 2.05) is 25.2 Å². The highest BCUT2D eigenvalue weighted by molar-refractivity contribution is 6.30. The van der Waals surface area contributed by atoms with Crippen LogP contribution in [-0.4, -0.2) is 7.05 Å². The van der Waals surface area contributed by atoms with E-state index in [9.17, 15) is 0 Å². The maximum Gasteiger partial charge on any atom is 0.0447 e. The van der Waals surface area contributed by atoms with Crippen LogP contribution in [0.25, 0.3) is 0 Å². The molecule has 0 saturated carbocycles. The van der Waals surface area contributed by atoms with Gasteiger partial charge in [-0.1, -0.05) is 29.3 Å². The number of hydrogen-bond donors (Lipinski definition) is 1. The van der Waals surface area contributed by atoms with Gasteiger partial charge in [-0.25, -0.2) is 0 Å². The van der Waals surface area contributed by atoms with Crippen LogP contribution in [0.2, 0.25) is 5.02 Å². The largest absolute Gasteiger partial charge is 0.398 e. The molecule has 94 valence electrons. The molecule has 0 heterocycles. The van der Waals surface area contributed by atoms with Gasteiger partial charge in [0.25, 0.3) is 0 Å². The lowest BCUT2D eigenvalue weighted by molar-refractivity contribution is 0.925. The predicted octanol–water partition coefficient (Wildman–Crippen LogP) is 3.87. The quantitative estimate of drug-likeness (QED) is 0.849. The fourth-order valence-corrected chi connectivity index (χ4v) is 2.05. The first-order valence-corrected chi connectivity index (χ1v) is 6.26. The fourth-order valence-electron chi connectivity index (χ4n) is 1.86. The molecule has 2 N–H and O–H groups in total. The second-order valence-electron chi connectivity index (χ2n) is 4.53. The molecule has 0 saturated heterocycles. The summed E-state index contributed by atoms with van der Waals surface area (Å²) >= 11 is 5.99. The van der Waals surface area contributed by atoms with Crippen molar-refractivity contribution in [2.24, 2.45) is 0 Å². The molecule has 3 heteroatoms. The molecule has 0 aliphatic carbocycles. The molecule has 0 fully saturated rings. The van der Waals surface area contributed by atoms with Crippen molar-refractivity contribution in [1.82, 2.24) is 0 Å². The number of halogens is 1. The Hall–Kier alpha value is -1.67. The van der Waals surface area contributed by atoms with E-state index in [1.54, 1.807) is 0 Å². The molecule has 2 rings (SSSR count). The summed E-state index contributed by atoms with van der Waals surface area (Å²) in [6.45, 7) is 2.83. The summed E-state index contributed by atoms with van der Waals surface area (Å²) in [7, 11) is 2.05. The second kappa shape index (κ2) is 5.32. The van der Waals surface area contributed by atoms with Crippen molar-refractivity contribution in [2.75, 3.05) is 17.7 Å². The smallest absolute Gasteiger partial charge is 0.0447 e. The number of aryl methyl sites for hydroxylation is 1. The molecule has 2 aromatic rings. The van der Waals surface area contributed by atoms with E-state index >= 15 is 0 Å². The fraction of sp³-hybridized carbons (Fsp3) is 0.200. The molecule has 0 amide bonds. The standard InChI is InChI=1S/C15H17ClN2/c1-11-3-6-14(7-4-11)18(2)10-12-9-13(16)5-8-15(12)17/h3-9H,10,17H2,1-2H3. The molecule has 0 aromatic heterocycles. The minimum Gasteiger partial charge on any atom is -0.398 e. The first kappa shape index (κ1) is 12.8.